The Balaban J connectivity index is 2.59. The van der Waals surface area contributed by atoms with Crippen molar-refractivity contribution in [2.24, 2.45) is 0 Å². The molecule has 0 aromatic carbocycles. The van der Waals surface area contributed by atoms with E-state index in [1.54, 1.807) is 0 Å². The van der Waals surface area contributed by atoms with Crippen LogP contribution in [-0.4, -0.2) is 0 Å². The predicted molar refractivity (Wildman–Crippen MR) is 60.3 cm³/mol. The maximum atomic E-state index is 2.28. The second kappa shape index (κ2) is 5.79. The lowest BCUT2D eigenvalue weighted by Gasteiger charge is -2.06. The van der Waals surface area contributed by atoms with Gasteiger partial charge < -0.3 is 0 Å². The average Bonchev–Trinajstić information content (AvgIpc) is 2.26. The van der Waals surface area contributed by atoms with Crippen LogP contribution in [0.4, 0.5) is 0 Å². The van der Waals surface area contributed by atoms with Crippen LogP contribution >= 0.6 is 0 Å². The Hall–Kier alpha value is -0.850. The zero-order valence-electron chi connectivity index (χ0n) is 9.66. The van der Waals surface area contributed by atoms with Crippen LogP contribution in [0.15, 0.2) is 24.5 Å². The summed E-state index contributed by atoms with van der Waals surface area (Å²) in [5.74, 6) is 0.691. The quantitative estimate of drug-likeness (QED) is 0.630. The highest BCUT2D eigenvalue weighted by Crippen LogP contribution is 2.16. The molecule has 0 radical (unpaired) electrons. The first-order valence-corrected chi connectivity index (χ1v) is 5.77. The van der Waals surface area contributed by atoms with Gasteiger partial charge >= 0.3 is 0 Å². The van der Waals surface area contributed by atoms with Gasteiger partial charge in [-0.2, -0.15) is 0 Å². The van der Waals surface area contributed by atoms with Gasteiger partial charge in [-0.1, -0.05) is 27.2 Å². The van der Waals surface area contributed by atoms with Crippen LogP contribution < -0.4 is 4.57 Å². The van der Waals surface area contributed by atoms with Gasteiger partial charge in [0.15, 0.2) is 12.4 Å². The highest BCUT2D eigenvalue weighted by atomic mass is 14.9. The lowest BCUT2D eigenvalue weighted by atomic mass is 10.0. The SMILES string of the molecule is CCCC[n+]1ccc(C(C)CC)cc1. The lowest BCUT2D eigenvalue weighted by Crippen LogP contribution is -2.32. The van der Waals surface area contributed by atoms with E-state index in [1.165, 1.54) is 24.8 Å². The average molecular weight is 192 g/mol. The van der Waals surface area contributed by atoms with E-state index in [-0.39, 0.29) is 0 Å². The molecule has 0 saturated carbocycles. The number of pyridine rings is 1. The number of aryl methyl sites for hydroxylation is 1. The summed E-state index contributed by atoms with van der Waals surface area (Å²) in [6.45, 7) is 7.90. The summed E-state index contributed by atoms with van der Waals surface area (Å²) in [4.78, 5) is 0. The highest BCUT2D eigenvalue weighted by Gasteiger charge is 2.05. The fourth-order valence-corrected chi connectivity index (χ4v) is 1.52. The Kier molecular flexibility index (Phi) is 4.64. The molecule has 1 heteroatoms. The minimum Gasteiger partial charge on any atom is -0.205 e. The minimum absolute atomic E-state index is 0.691. The number of unbranched alkanes of at least 4 members (excludes halogenated alkanes) is 1. The minimum atomic E-state index is 0.691. The molecule has 1 unspecified atom stereocenters. The molecule has 0 N–H and O–H groups in total. The molecule has 1 nitrogen and oxygen atoms in total. The van der Waals surface area contributed by atoms with E-state index < -0.39 is 0 Å². The van der Waals surface area contributed by atoms with Gasteiger partial charge in [0.25, 0.3) is 0 Å². The number of hydrogen-bond donors (Lipinski definition) is 0. The number of hydrogen-bond acceptors (Lipinski definition) is 0. The Morgan fingerprint density at radius 1 is 1.21 bits per heavy atom. The van der Waals surface area contributed by atoms with Crippen molar-refractivity contribution in [3.8, 4) is 0 Å². The maximum absolute atomic E-state index is 2.28. The highest BCUT2D eigenvalue weighted by molar-refractivity contribution is 5.12. The monoisotopic (exact) mass is 192 g/mol. The molecule has 0 spiro atoms. The van der Waals surface area contributed by atoms with Gasteiger partial charge in [-0.05, 0) is 17.9 Å². The lowest BCUT2D eigenvalue weighted by molar-refractivity contribution is -0.697. The fourth-order valence-electron chi connectivity index (χ4n) is 1.52. The van der Waals surface area contributed by atoms with E-state index in [2.05, 4.69) is 49.9 Å². The second-order valence-electron chi connectivity index (χ2n) is 4.03. The van der Waals surface area contributed by atoms with Crippen molar-refractivity contribution >= 4 is 0 Å². The molecule has 0 fully saturated rings. The summed E-state index contributed by atoms with van der Waals surface area (Å²) in [6.07, 6.45) is 8.17. The summed E-state index contributed by atoms with van der Waals surface area (Å²) in [6, 6.07) is 4.51. The van der Waals surface area contributed by atoms with Crippen LogP contribution in [0.2, 0.25) is 0 Å². The number of nitrogens with zero attached hydrogens (tertiary/aromatic N) is 1. The van der Waals surface area contributed by atoms with E-state index in [9.17, 15) is 0 Å². The predicted octanol–water partition coefficient (Wildman–Crippen LogP) is 3.29. The summed E-state index contributed by atoms with van der Waals surface area (Å²) in [5.41, 5.74) is 1.46. The van der Waals surface area contributed by atoms with Crippen molar-refractivity contribution in [1.29, 1.82) is 0 Å². The molecule has 0 aliphatic rings. The maximum Gasteiger partial charge on any atom is 0.169 e. The topological polar surface area (TPSA) is 3.88 Å². The van der Waals surface area contributed by atoms with Gasteiger partial charge in [-0.3, -0.25) is 0 Å². The fraction of sp³-hybridized carbons (Fsp3) is 0.615. The van der Waals surface area contributed by atoms with E-state index in [0.29, 0.717) is 5.92 Å². The molecule has 0 aliphatic carbocycles. The van der Waals surface area contributed by atoms with Gasteiger partial charge in [0, 0.05) is 18.6 Å². The number of rotatable bonds is 5. The van der Waals surface area contributed by atoms with Crippen molar-refractivity contribution in [3.63, 3.8) is 0 Å². The standard InChI is InChI=1S/C13H22N/c1-4-6-9-14-10-7-13(8-11-14)12(3)5-2/h7-8,10-12H,4-6,9H2,1-3H3/q+1. The van der Waals surface area contributed by atoms with Crippen LogP contribution in [0.1, 0.15) is 51.5 Å². The third kappa shape index (κ3) is 3.13. The van der Waals surface area contributed by atoms with Crippen molar-refractivity contribution in [1.82, 2.24) is 0 Å². The summed E-state index contributed by atoms with van der Waals surface area (Å²) in [5, 5.41) is 0. The normalized spacial score (nSPS) is 12.8. The van der Waals surface area contributed by atoms with Gasteiger partial charge in [-0.15, -0.1) is 0 Å². The van der Waals surface area contributed by atoms with E-state index in [0.717, 1.165) is 6.54 Å². The molecule has 0 amide bonds. The Morgan fingerprint density at radius 2 is 1.86 bits per heavy atom. The van der Waals surface area contributed by atoms with Crippen LogP contribution in [0.5, 0.6) is 0 Å². The largest absolute Gasteiger partial charge is 0.205 e. The molecule has 14 heavy (non-hydrogen) atoms. The molecule has 0 aliphatic heterocycles. The summed E-state index contributed by atoms with van der Waals surface area (Å²) >= 11 is 0. The molecular weight excluding hydrogens is 170 g/mol. The van der Waals surface area contributed by atoms with Crippen LogP contribution in [0, 0.1) is 0 Å². The number of aromatic nitrogens is 1. The molecule has 0 bridgehead atoms. The summed E-state index contributed by atoms with van der Waals surface area (Å²) in [7, 11) is 0. The van der Waals surface area contributed by atoms with Gasteiger partial charge in [-0.25, -0.2) is 4.57 Å². The Morgan fingerprint density at radius 3 is 2.36 bits per heavy atom. The smallest absolute Gasteiger partial charge is 0.169 e. The Bertz CT molecular complexity index is 250. The molecule has 1 heterocycles. The summed E-state index contributed by atoms with van der Waals surface area (Å²) < 4.78 is 2.27. The van der Waals surface area contributed by atoms with Crippen LogP contribution in [0.3, 0.4) is 0 Å². The van der Waals surface area contributed by atoms with E-state index >= 15 is 0 Å². The first-order chi connectivity index (χ1) is 6.77. The zero-order valence-corrected chi connectivity index (χ0v) is 9.66. The zero-order chi connectivity index (χ0) is 10.4. The molecule has 1 aromatic rings. The van der Waals surface area contributed by atoms with E-state index in [4.69, 9.17) is 0 Å². The molecular formula is C13H22N+. The van der Waals surface area contributed by atoms with Gasteiger partial charge in [0.1, 0.15) is 6.54 Å². The van der Waals surface area contributed by atoms with Crippen LogP contribution in [0.25, 0.3) is 0 Å². The van der Waals surface area contributed by atoms with Crippen molar-refractivity contribution in [2.75, 3.05) is 0 Å². The second-order valence-corrected chi connectivity index (χ2v) is 4.03. The third-order valence-corrected chi connectivity index (χ3v) is 2.87. The van der Waals surface area contributed by atoms with E-state index in [1.807, 2.05) is 0 Å². The third-order valence-electron chi connectivity index (χ3n) is 2.87. The van der Waals surface area contributed by atoms with Gasteiger partial charge in [0.2, 0.25) is 0 Å². The Labute approximate surface area is 87.8 Å². The molecule has 78 valence electrons. The molecule has 1 aromatic heterocycles. The van der Waals surface area contributed by atoms with Gasteiger partial charge in [0.05, 0.1) is 0 Å². The molecule has 0 saturated heterocycles. The molecule has 1 rings (SSSR count). The van der Waals surface area contributed by atoms with Crippen molar-refractivity contribution in [2.45, 2.75) is 52.5 Å². The van der Waals surface area contributed by atoms with Crippen molar-refractivity contribution in [3.05, 3.63) is 30.1 Å². The first kappa shape index (κ1) is 11.2. The first-order valence-electron chi connectivity index (χ1n) is 5.77. The molecule has 1 atom stereocenters. The van der Waals surface area contributed by atoms with Crippen LogP contribution in [-0.2, 0) is 6.54 Å². The van der Waals surface area contributed by atoms with Crippen molar-refractivity contribution < 1.29 is 4.57 Å².